The van der Waals surface area contributed by atoms with Crippen LogP contribution in [0.1, 0.15) is 36.0 Å². The van der Waals surface area contributed by atoms with E-state index in [1.54, 1.807) is 6.20 Å². The number of nitrogens with zero attached hydrogens (tertiary/aromatic N) is 1. The number of nitrogens with two attached hydrogens (primary N) is 1. The molecule has 0 aromatic carbocycles. The lowest BCUT2D eigenvalue weighted by Crippen LogP contribution is -2.40. The third kappa shape index (κ3) is 3.33. The van der Waals surface area contributed by atoms with E-state index in [0.29, 0.717) is 23.7 Å². The topological polar surface area (TPSA) is 77.2 Å². The lowest BCUT2D eigenvalue weighted by Gasteiger charge is -2.24. The number of hydrogen-bond donors (Lipinski definition) is 2. The van der Waals surface area contributed by atoms with Crippen molar-refractivity contribution in [2.75, 3.05) is 18.9 Å². The lowest BCUT2D eigenvalue weighted by atomic mass is 10.1. The van der Waals surface area contributed by atoms with Crippen LogP contribution >= 0.6 is 11.3 Å². The van der Waals surface area contributed by atoms with E-state index in [1.807, 2.05) is 33.8 Å². The maximum absolute atomic E-state index is 12.3. The van der Waals surface area contributed by atoms with E-state index in [0.717, 1.165) is 15.8 Å². The molecule has 0 fully saturated rings. The number of nitrogen functional groups attached to an aromatic ring is 1. The molecular weight excluding hydrogens is 286 g/mol. The lowest BCUT2D eigenvalue weighted by molar-refractivity contribution is -0.00812. The monoisotopic (exact) mass is 307 g/mol. The molecule has 0 aliphatic rings. The molecule has 0 saturated heterocycles. The molecule has 0 radical (unpaired) electrons. The molecule has 0 bridgehead atoms. The standard InChI is InChI=1S/C15H21N3O2S/c1-5-20-15(3,4)8-18-13(19)12-11(16)10-9(2)6-7-17-14(10)21-12/h6-7H,5,8,16H2,1-4H3,(H,18,19). The van der Waals surface area contributed by atoms with Crippen LogP contribution in [-0.4, -0.2) is 29.6 Å². The van der Waals surface area contributed by atoms with E-state index in [1.165, 1.54) is 11.3 Å². The number of nitrogens with one attached hydrogen (secondary N) is 1. The van der Waals surface area contributed by atoms with Gasteiger partial charge in [-0.25, -0.2) is 4.98 Å². The molecule has 0 saturated carbocycles. The molecular formula is C15H21N3O2S. The minimum atomic E-state index is -0.399. The Labute approximate surface area is 128 Å². The van der Waals surface area contributed by atoms with Crippen LogP contribution in [0, 0.1) is 6.92 Å². The third-order valence-corrected chi connectivity index (χ3v) is 4.37. The van der Waals surface area contributed by atoms with Gasteiger partial charge in [-0.3, -0.25) is 4.79 Å². The fourth-order valence-electron chi connectivity index (χ4n) is 2.19. The van der Waals surface area contributed by atoms with Crippen LogP contribution in [0.15, 0.2) is 12.3 Å². The third-order valence-electron chi connectivity index (χ3n) is 3.25. The van der Waals surface area contributed by atoms with Gasteiger partial charge >= 0.3 is 0 Å². The first kappa shape index (κ1) is 15.7. The van der Waals surface area contributed by atoms with Crippen molar-refractivity contribution in [2.24, 2.45) is 0 Å². The highest BCUT2D eigenvalue weighted by atomic mass is 32.1. The molecule has 5 nitrogen and oxygen atoms in total. The van der Waals surface area contributed by atoms with Gasteiger partial charge in [-0.2, -0.15) is 0 Å². The molecule has 0 atom stereocenters. The number of carbonyl (C=O) groups is 1. The Balaban J connectivity index is 2.21. The van der Waals surface area contributed by atoms with E-state index < -0.39 is 5.60 Å². The summed E-state index contributed by atoms with van der Waals surface area (Å²) in [6.45, 7) is 8.82. The molecule has 0 spiro atoms. The Kier molecular flexibility index (Phi) is 4.49. The number of amides is 1. The number of rotatable bonds is 5. The molecule has 114 valence electrons. The van der Waals surface area contributed by atoms with Crippen LogP contribution < -0.4 is 11.1 Å². The quantitative estimate of drug-likeness (QED) is 0.890. The number of fused-ring (bicyclic) bond motifs is 1. The zero-order valence-corrected chi connectivity index (χ0v) is 13.6. The first-order chi connectivity index (χ1) is 9.85. The fourth-order valence-corrected chi connectivity index (χ4v) is 3.24. The number of thiophene rings is 1. The predicted molar refractivity (Wildman–Crippen MR) is 86.8 cm³/mol. The van der Waals surface area contributed by atoms with Gasteiger partial charge in [0.1, 0.15) is 9.71 Å². The van der Waals surface area contributed by atoms with Crippen LogP contribution in [0.3, 0.4) is 0 Å². The fraction of sp³-hybridized carbons (Fsp3) is 0.467. The van der Waals surface area contributed by atoms with E-state index in [9.17, 15) is 4.79 Å². The van der Waals surface area contributed by atoms with Gasteiger partial charge in [0.05, 0.1) is 11.3 Å². The van der Waals surface area contributed by atoms with Crippen molar-refractivity contribution >= 4 is 33.1 Å². The second-order valence-electron chi connectivity index (χ2n) is 5.53. The molecule has 6 heteroatoms. The molecule has 21 heavy (non-hydrogen) atoms. The van der Waals surface area contributed by atoms with Crippen molar-refractivity contribution in [2.45, 2.75) is 33.3 Å². The maximum Gasteiger partial charge on any atom is 0.263 e. The molecule has 2 aromatic rings. The van der Waals surface area contributed by atoms with E-state index in [4.69, 9.17) is 10.5 Å². The van der Waals surface area contributed by atoms with Crippen LogP contribution in [0.25, 0.3) is 10.2 Å². The summed E-state index contributed by atoms with van der Waals surface area (Å²) in [5.74, 6) is -0.178. The van der Waals surface area contributed by atoms with E-state index in [-0.39, 0.29) is 5.91 Å². The predicted octanol–water partition coefficient (Wildman–Crippen LogP) is 2.73. The number of pyridine rings is 1. The number of ether oxygens (including phenoxy) is 1. The Morgan fingerprint density at radius 2 is 2.24 bits per heavy atom. The Bertz CT molecular complexity index is 664. The molecule has 0 aliphatic heterocycles. The first-order valence-electron chi connectivity index (χ1n) is 6.91. The highest BCUT2D eigenvalue weighted by Crippen LogP contribution is 2.34. The summed E-state index contributed by atoms with van der Waals surface area (Å²) in [6.07, 6.45) is 1.73. The summed E-state index contributed by atoms with van der Waals surface area (Å²) in [4.78, 5) is 17.9. The number of hydrogen-bond acceptors (Lipinski definition) is 5. The summed E-state index contributed by atoms with van der Waals surface area (Å²) in [7, 11) is 0. The van der Waals surface area contributed by atoms with Crippen molar-refractivity contribution in [1.29, 1.82) is 0 Å². The number of aromatic nitrogens is 1. The van der Waals surface area contributed by atoms with Crippen molar-refractivity contribution in [3.63, 3.8) is 0 Å². The van der Waals surface area contributed by atoms with Gasteiger partial charge in [0.15, 0.2) is 0 Å². The molecule has 2 aromatic heterocycles. The Hall–Kier alpha value is -1.66. The van der Waals surface area contributed by atoms with Crippen molar-refractivity contribution in [1.82, 2.24) is 10.3 Å². The normalized spacial score (nSPS) is 11.8. The molecule has 2 rings (SSSR count). The summed E-state index contributed by atoms with van der Waals surface area (Å²) < 4.78 is 5.57. The molecule has 0 aliphatic carbocycles. The van der Waals surface area contributed by atoms with E-state index >= 15 is 0 Å². The maximum atomic E-state index is 12.3. The number of anilines is 1. The average molecular weight is 307 g/mol. The van der Waals surface area contributed by atoms with Gasteiger partial charge in [-0.15, -0.1) is 11.3 Å². The summed E-state index contributed by atoms with van der Waals surface area (Å²) >= 11 is 1.32. The highest BCUT2D eigenvalue weighted by molar-refractivity contribution is 7.21. The molecule has 1 amide bonds. The van der Waals surface area contributed by atoms with Crippen LogP contribution in [-0.2, 0) is 4.74 Å². The van der Waals surface area contributed by atoms with Gasteiger partial charge in [-0.05, 0) is 39.3 Å². The number of aryl methyl sites for hydroxylation is 1. The van der Waals surface area contributed by atoms with Crippen molar-refractivity contribution in [3.05, 3.63) is 22.7 Å². The minimum Gasteiger partial charge on any atom is -0.397 e. The van der Waals surface area contributed by atoms with Crippen molar-refractivity contribution in [3.8, 4) is 0 Å². The second kappa shape index (κ2) is 5.99. The molecule has 2 heterocycles. The summed E-state index contributed by atoms with van der Waals surface area (Å²) in [5.41, 5.74) is 7.26. The van der Waals surface area contributed by atoms with Gasteiger partial charge < -0.3 is 15.8 Å². The smallest absolute Gasteiger partial charge is 0.263 e. The zero-order chi connectivity index (χ0) is 15.6. The minimum absolute atomic E-state index is 0.178. The summed E-state index contributed by atoms with van der Waals surface area (Å²) in [5, 5.41) is 3.76. The van der Waals surface area contributed by atoms with Crippen molar-refractivity contribution < 1.29 is 9.53 Å². The SMILES string of the molecule is CCOC(C)(C)CNC(=O)c1sc2nccc(C)c2c1N. The van der Waals surface area contributed by atoms with Gasteiger partial charge in [-0.1, -0.05) is 0 Å². The first-order valence-corrected chi connectivity index (χ1v) is 7.73. The second-order valence-corrected chi connectivity index (χ2v) is 6.53. The van der Waals surface area contributed by atoms with Crippen LogP contribution in [0.2, 0.25) is 0 Å². The van der Waals surface area contributed by atoms with Gasteiger partial charge in [0, 0.05) is 24.7 Å². The van der Waals surface area contributed by atoms with Gasteiger partial charge in [0.2, 0.25) is 0 Å². The molecule has 3 N–H and O–H groups in total. The van der Waals surface area contributed by atoms with E-state index in [2.05, 4.69) is 10.3 Å². The van der Waals surface area contributed by atoms with Crippen LogP contribution in [0.5, 0.6) is 0 Å². The number of carbonyl (C=O) groups excluding carboxylic acids is 1. The highest BCUT2D eigenvalue weighted by Gasteiger charge is 2.22. The van der Waals surface area contributed by atoms with Gasteiger partial charge in [0.25, 0.3) is 5.91 Å². The Morgan fingerprint density at radius 3 is 2.86 bits per heavy atom. The zero-order valence-electron chi connectivity index (χ0n) is 12.8. The summed E-state index contributed by atoms with van der Waals surface area (Å²) in [6, 6.07) is 1.89. The Morgan fingerprint density at radius 1 is 1.52 bits per heavy atom. The van der Waals surface area contributed by atoms with Crippen LogP contribution in [0.4, 0.5) is 5.69 Å². The largest absolute Gasteiger partial charge is 0.397 e. The average Bonchev–Trinajstić information content (AvgIpc) is 2.75. The molecule has 0 unspecified atom stereocenters.